The molecule has 0 amide bonds. The highest BCUT2D eigenvalue weighted by Crippen LogP contribution is 2.40. The van der Waals surface area contributed by atoms with E-state index in [0.717, 1.165) is 43.2 Å². The molecule has 0 radical (unpaired) electrons. The monoisotopic (exact) mass is 266 g/mol. The van der Waals surface area contributed by atoms with Crippen molar-refractivity contribution in [2.45, 2.75) is 45.4 Å². The molecule has 98 valence electrons. The van der Waals surface area contributed by atoms with Crippen molar-refractivity contribution in [1.29, 1.82) is 0 Å². The van der Waals surface area contributed by atoms with Gasteiger partial charge in [-0.15, -0.1) is 0 Å². The summed E-state index contributed by atoms with van der Waals surface area (Å²) in [6, 6.07) is 5.88. The fraction of sp³-hybridized carbons (Fsp3) is 0.533. The Bertz CT molecular complexity index is 448. The zero-order chi connectivity index (χ0) is 13.2. The summed E-state index contributed by atoms with van der Waals surface area (Å²) < 4.78 is 0. The SMILES string of the molecule is Cc1ccc(CC2(C(=O)O)CCCCC2)c(Cl)c1. The minimum Gasteiger partial charge on any atom is -0.481 e. The number of rotatable bonds is 3. The Labute approximate surface area is 113 Å². The van der Waals surface area contributed by atoms with Crippen LogP contribution < -0.4 is 0 Å². The summed E-state index contributed by atoms with van der Waals surface area (Å²) in [4.78, 5) is 11.6. The Morgan fingerprint density at radius 1 is 1.33 bits per heavy atom. The number of benzene rings is 1. The van der Waals surface area contributed by atoms with Crippen LogP contribution in [-0.4, -0.2) is 11.1 Å². The van der Waals surface area contributed by atoms with Crippen LogP contribution in [0.3, 0.4) is 0 Å². The third-order valence-electron chi connectivity index (χ3n) is 4.00. The third kappa shape index (κ3) is 2.69. The van der Waals surface area contributed by atoms with Gasteiger partial charge in [-0.25, -0.2) is 0 Å². The molecule has 1 aromatic carbocycles. The van der Waals surface area contributed by atoms with Crippen molar-refractivity contribution >= 4 is 17.6 Å². The first-order valence-corrected chi connectivity index (χ1v) is 6.90. The smallest absolute Gasteiger partial charge is 0.309 e. The summed E-state index contributed by atoms with van der Waals surface area (Å²) in [6.07, 6.45) is 5.27. The van der Waals surface area contributed by atoms with Crippen LogP contribution in [0.25, 0.3) is 0 Å². The Kier molecular flexibility index (Phi) is 3.96. The standard InChI is InChI=1S/C15H19ClO2/c1-11-5-6-12(13(16)9-11)10-15(14(17)18)7-3-2-4-8-15/h5-6,9H,2-4,7-8,10H2,1H3,(H,17,18). The molecule has 0 aromatic heterocycles. The zero-order valence-electron chi connectivity index (χ0n) is 10.7. The lowest BCUT2D eigenvalue weighted by Crippen LogP contribution is -2.35. The van der Waals surface area contributed by atoms with Crippen molar-refractivity contribution in [2.24, 2.45) is 5.41 Å². The van der Waals surface area contributed by atoms with Crippen LogP contribution in [0.1, 0.15) is 43.2 Å². The van der Waals surface area contributed by atoms with Crippen molar-refractivity contribution in [3.05, 3.63) is 34.3 Å². The average molecular weight is 267 g/mol. The van der Waals surface area contributed by atoms with Crippen LogP contribution in [0.4, 0.5) is 0 Å². The van der Waals surface area contributed by atoms with Gasteiger partial charge in [-0.1, -0.05) is 43.0 Å². The summed E-state index contributed by atoms with van der Waals surface area (Å²) in [5, 5.41) is 10.2. The summed E-state index contributed by atoms with van der Waals surface area (Å²) in [7, 11) is 0. The molecular weight excluding hydrogens is 248 g/mol. The van der Waals surface area contributed by atoms with Crippen LogP contribution in [0, 0.1) is 12.3 Å². The number of halogens is 1. The van der Waals surface area contributed by atoms with E-state index in [1.165, 1.54) is 0 Å². The number of carboxylic acids is 1. The largest absolute Gasteiger partial charge is 0.481 e. The summed E-state index contributed by atoms with van der Waals surface area (Å²) in [5.74, 6) is -0.668. The molecule has 1 saturated carbocycles. The van der Waals surface area contributed by atoms with Gasteiger partial charge in [0.1, 0.15) is 0 Å². The molecule has 1 aliphatic carbocycles. The zero-order valence-corrected chi connectivity index (χ0v) is 11.5. The summed E-state index contributed by atoms with van der Waals surface area (Å²) >= 11 is 6.22. The van der Waals surface area contributed by atoms with E-state index >= 15 is 0 Å². The molecule has 0 aliphatic heterocycles. The third-order valence-corrected chi connectivity index (χ3v) is 4.35. The van der Waals surface area contributed by atoms with E-state index in [4.69, 9.17) is 11.6 Å². The highest BCUT2D eigenvalue weighted by molar-refractivity contribution is 6.31. The predicted molar refractivity (Wildman–Crippen MR) is 73.0 cm³/mol. The van der Waals surface area contributed by atoms with E-state index in [9.17, 15) is 9.90 Å². The fourth-order valence-electron chi connectivity index (χ4n) is 2.86. The van der Waals surface area contributed by atoms with Crippen molar-refractivity contribution in [3.8, 4) is 0 Å². The molecule has 3 heteroatoms. The van der Waals surface area contributed by atoms with E-state index in [0.29, 0.717) is 11.4 Å². The molecule has 18 heavy (non-hydrogen) atoms. The Morgan fingerprint density at radius 2 is 2.00 bits per heavy atom. The lowest BCUT2D eigenvalue weighted by Gasteiger charge is -2.33. The van der Waals surface area contributed by atoms with E-state index in [-0.39, 0.29) is 0 Å². The number of carboxylic acid groups (broad SMARTS) is 1. The van der Waals surface area contributed by atoms with Gasteiger partial charge in [0.25, 0.3) is 0 Å². The Hall–Kier alpha value is -1.02. The van der Waals surface area contributed by atoms with Gasteiger partial charge in [0.05, 0.1) is 5.41 Å². The van der Waals surface area contributed by atoms with Crippen molar-refractivity contribution in [2.75, 3.05) is 0 Å². The Morgan fingerprint density at radius 3 is 2.56 bits per heavy atom. The second-order valence-corrected chi connectivity index (χ2v) is 5.82. The molecule has 1 aromatic rings. The molecule has 2 rings (SSSR count). The lowest BCUT2D eigenvalue weighted by atomic mass is 9.70. The maximum atomic E-state index is 11.6. The summed E-state index contributed by atoms with van der Waals surface area (Å²) in [5.41, 5.74) is 1.47. The van der Waals surface area contributed by atoms with Gasteiger partial charge in [-0.2, -0.15) is 0 Å². The first-order chi connectivity index (χ1) is 8.53. The molecule has 1 N–H and O–H groups in total. The number of aliphatic carboxylic acids is 1. The van der Waals surface area contributed by atoms with Gasteiger partial charge in [0.2, 0.25) is 0 Å². The predicted octanol–water partition coefficient (Wildman–Crippen LogP) is 4.23. The maximum Gasteiger partial charge on any atom is 0.309 e. The highest BCUT2D eigenvalue weighted by Gasteiger charge is 2.39. The van der Waals surface area contributed by atoms with E-state index in [1.54, 1.807) is 0 Å². The second-order valence-electron chi connectivity index (χ2n) is 5.42. The number of carbonyl (C=O) groups is 1. The van der Waals surface area contributed by atoms with Crippen molar-refractivity contribution in [1.82, 2.24) is 0 Å². The first-order valence-electron chi connectivity index (χ1n) is 6.52. The lowest BCUT2D eigenvalue weighted by molar-refractivity contribution is -0.151. The highest BCUT2D eigenvalue weighted by atomic mass is 35.5. The quantitative estimate of drug-likeness (QED) is 0.889. The molecule has 0 atom stereocenters. The van der Waals surface area contributed by atoms with Gasteiger partial charge < -0.3 is 5.11 Å². The molecule has 0 heterocycles. The van der Waals surface area contributed by atoms with Crippen molar-refractivity contribution < 1.29 is 9.90 Å². The summed E-state index contributed by atoms with van der Waals surface area (Å²) in [6.45, 7) is 1.99. The first kappa shape index (κ1) is 13.4. The normalized spacial score (nSPS) is 18.6. The van der Waals surface area contributed by atoms with E-state index < -0.39 is 11.4 Å². The van der Waals surface area contributed by atoms with Crippen LogP contribution in [0.15, 0.2) is 18.2 Å². The van der Waals surface area contributed by atoms with Crippen molar-refractivity contribution in [3.63, 3.8) is 0 Å². The molecule has 0 unspecified atom stereocenters. The maximum absolute atomic E-state index is 11.6. The Balaban J connectivity index is 2.26. The van der Waals surface area contributed by atoms with Gasteiger partial charge in [-0.05, 0) is 43.4 Å². The number of hydrogen-bond acceptors (Lipinski definition) is 1. The molecule has 0 bridgehead atoms. The van der Waals surface area contributed by atoms with Gasteiger partial charge >= 0.3 is 5.97 Å². The molecule has 1 aliphatic rings. The molecular formula is C15H19ClO2. The molecule has 0 saturated heterocycles. The molecule has 1 fully saturated rings. The van der Waals surface area contributed by atoms with Crippen LogP contribution in [0.5, 0.6) is 0 Å². The van der Waals surface area contributed by atoms with Gasteiger partial charge in [-0.3, -0.25) is 4.79 Å². The molecule has 0 spiro atoms. The van der Waals surface area contributed by atoms with Crippen LogP contribution >= 0.6 is 11.6 Å². The van der Waals surface area contributed by atoms with Crippen LogP contribution in [0.2, 0.25) is 5.02 Å². The van der Waals surface area contributed by atoms with Gasteiger partial charge in [0.15, 0.2) is 0 Å². The number of aryl methyl sites for hydroxylation is 1. The second kappa shape index (κ2) is 5.31. The number of hydrogen-bond donors (Lipinski definition) is 1. The molecule has 2 nitrogen and oxygen atoms in total. The minimum absolute atomic E-state index is 0.557. The van der Waals surface area contributed by atoms with Gasteiger partial charge in [0, 0.05) is 5.02 Å². The van der Waals surface area contributed by atoms with E-state index in [2.05, 4.69) is 0 Å². The van der Waals surface area contributed by atoms with E-state index in [1.807, 2.05) is 25.1 Å². The fourth-order valence-corrected chi connectivity index (χ4v) is 3.16. The average Bonchev–Trinajstić information content (AvgIpc) is 2.34. The van der Waals surface area contributed by atoms with Crippen LogP contribution in [-0.2, 0) is 11.2 Å². The minimum atomic E-state index is -0.668. The topological polar surface area (TPSA) is 37.3 Å².